The van der Waals surface area contributed by atoms with Gasteiger partial charge in [-0.2, -0.15) is 0 Å². The van der Waals surface area contributed by atoms with Crippen LogP contribution >= 0.6 is 0 Å². The Morgan fingerprint density at radius 3 is 2.16 bits per heavy atom. The van der Waals surface area contributed by atoms with Crippen LogP contribution < -0.4 is 4.90 Å². The largest absolute Gasteiger partial charge is 0.455 e. The predicted molar refractivity (Wildman–Crippen MR) is 158 cm³/mol. The van der Waals surface area contributed by atoms with Crippen LogP contribution in [0, 0.1) is 0 Å². The molecule has 0 fully saturated rings. The molecule has 178 valence electrons. The zero-order valence-corrected chi connectivity index (χ0v) is 20.5. The maximum atomic E-state index is 6.38. The van der Waals surface area contributed by atoms with E-state index in [1.54, 1.807) is 0 Å². The molecule has 0 amide bonds. The van der Waals surface area contributed by atoms with E-state index in [-0.39, 0.29) is 0 Å². The van der Waals surface area contributed by atoms with Crippen LogP contribution in [0.3, 0.4) is 0 Å². The normalized spacial score (nSPS) is 12.6. The number of hydrogen-bond acceptors (Lipinski definition) is 3. The number of para-hydroxylation sites is 1. The Bertz CT molecular complexity index is 1960. The Morgan fingerprint density at radius 2 is 1.32 bits per heavy atom. The van der Waals surface area contributed by atoms with E-state index in [1.807, 2.05) is 24.3 Å². The summed E-state index contributed by atoms with van der Waals surface area (Å²) in [5.74, 6) is 0.879. The van der Waals surface area contributed by atoms with E-state index in [2.05, 4.69) is 114 Å². The average molecular weight is 487 g/mol. The fourth-order valence-electron chi connectivity index (χ4n) is 5.63. The Morgan fingerprint density at radius 1 is 0.579 bits per heavy atom. The molecule has 7 aromatic rings. The number of furan rings is 1. The number of aromatic nitrogens is 1. The zero-order valence-electron chi connectivity index (χ0n) is 20.5. The van der Waals surface area contributed by atoms with Gasteiger partial charge in [-0.05, 0) is 53.1 Å². The molecule has 3 nitrogen and oxygen atoms in total. The molecule has 0 aliphatic carbocycles. The standard InChI is InChI=1S/C35H22N2O/c1-3-10-23(11-4-1)26-21-30(24-12-5-2-6-13-24)36-33(22-26)37-19-18-25-20-29-27-14-7-8-17-32(27)38-35(29)28-15-9-16-31(37)34(25)28/h1-22H. The Balaban J connectivity index is 1.37. The number of hydrogen-bond donors (Lipinski definition) is 0. The van der Waals surface area contributed by atoms with Crippen LogP contribution in [0.25, 0.3) is 61.2 Å². The number of benzene rings is 5. The van der Waals surface area contributed by atoms with Gasteiger partial charge in [-0.25, -0.2) is 4.98 Å². The van der Waals surface area contributed by atoms with Gasteiger partial charge in [-0.1, -0.05) is 91.0 Å². The second-order valence-corrected chi connectivity index (χ2v) is 9.66. The molecular weight excluding hydrogens is 464 g/mol. The van der Waals surface area contributed by atoms with E-state index in [1.165, 1.54) is 10.9 Å². The summed E-state index contributed by atoms with van der Waals surface area (Å²) >= 11 is 0. The first-order chi connectivity index (χ1) is 18.8. The van der Waals surface area contributed by atoms with Crippen molar-refractivity contribution in [1.29, 1.82) is 0 Å². The van der Waals surface area contributed by atoms with E-state index in [4.69, 9.17) is 9.40 Å². The quantitative estimate of drug-likeness (QED) is 0.249. The van der Waals surface area contributed by atoms with Crippen LogP contribution in [0.5, 0.6) is 0 Å². The monoisotopic (exact) mass is 486 g/mol. The smallest absolute Gasteiger partial charge is 0.143 e. The molecule has 8 rings (SSSR count). The number of fused-ring (bicyclic) bond motifs is 4. The highest BCUT2D eigenvalue weighted by atomic mass is 16.3. The highest BCUT2D eigenvalue weighted by Gasteiger charge is 2.22. The summed E-state index contributed by atoms with van der Waals surface area (Å²) in [5.41, 5.74) is 8.46. The Hall–Kier alpha value is -5.15. The number of anilines is 2. The summed E-state index contributed by atoms with van der Waals surface area (Å²) in [5, 5.41) is 4.58. The van der Waals surface area contributed by atoms with Crippen molar-refractivity contribution in [3.05, 3.63) is 133 Å². The minimum absolute atomic E-state index is 0.879. The molecular formula is C35H22N2O. The molecule has 0 radical (unpaired) electrons. The maximum absolute atomic E-state index is 6.38. The minimum Gasteiger partial charge on any atom is -0.455 e. The molecule has 0 bridgehead atoms. The summed E-state index contributed by atoms with van der Waals surface area (Å²) in [4.78, 5) is 7.36. The number of nitrogens with zero attached hydrogens (tertiary/aromatic N) is 2. The Kier molecular flexibility index (Phi) is 4.52. The second-order valence-electron chi connectivity index (χ2n) is 9.66. The lowest BCUT2D eigenvalue weighted by atomic mass is 9.96. The van der Waals surface area contributed by atoms with Gasteiger partial charge in [0.05, 0.1) is 11.4 Å². The summed E-state index contributed by atoms with van der Waals surface area (Å²) in [6.45, 7) is 0. The summed E-state index contributed by atoms with van der Waals surface area (Å²) in [7, 11) is 0. The fraction of sp³-hybridized carbons (Fsp3) is 0. The van der Waals surface area contributed by atoms with Crippen LogP contribution in [0.4, 0.5) is 11.5 Å². The van der Waals surface area contributed by atoms with Crippen molar-refractivity contribution in [3.63, 3.8) is 0 Å². The van der Waals surface area contributed by atoms with Crippen LogP contribution in [0.1, 0.15) is 5.56 Å². The van der Waals surface area contributed by atoms with Crippen LogP contribution in [0.2, 0.25) is 0 Å². The fourth-order valence-corrected chi connectivity index (χ4v) is 5.63. The first-order valence-electron chi connectivity index (χ1n) is 12.8. The van der Waals surface area contributed by atoms with Crippen molar-refractivity contribution in [1.82, 2.24) is 4.98 Å². The van der Waals surface area contributed by atoms with Crippen molar-refractivity contribution in [2.45, 2.75) is 0 Å². The maximum Gasteiger partial charge on any atom is 0.143 e. The highest BCUT2D eigenvalue weighted by Crippen LogP contribution is 2.44. The molecule has 0 N–H and O–H groups in total. The van der Waals surface area contributed by atoms with Gasteiger partial charge in [-0.3, -0.25) is 0 Å². The lowest BCUT2D eigenvalue weighted by Crippen LogP contribution is -2.14. The first kappa shape index (κ1) is 21.0. The Labute approximate surface area is 219 Å². The summed E-state index contributed by atoms with van der Waals surface area (Å²) in [6.07, 6.45) is 4.33. The molecule has 38 heavy (non-hydrogen) atoms. The third kappa shape index (κ3) is 3.19. The van der Waals surface area contributed by atoms with E-state index < -0.39 is 0 Å². The molecule has 2 aromatic heterocycles. The van der Waals surface area contributed by atoms with Gasteiger partial charge in [-0.15, -0.1) is 0 Å². The van der Waals surface area contributed by atoms with Crippen molar-refractivity contribution in [2.24, 2.45) is 0 Å². The van der Waals surface area contributed by atoms with Crippen molar-refractivity contribution in [3.8, 4) is 22.4 Å². The molecule has 1 aliphatic heterocycles. The summed E-state index contributed by atoms with van der Waals surface area (Å²) < 4.78 is 6.38. The molecule has 0 atom stereocenters. The van der Waals surface area contributed by atoms with Crippen LogP contribution in [0.15, 0.2) is 132 Å². The third-order valence-corrected chi connectivity index (χ3v) is 7.41. The number of pyridine rings is 1. The molecule has 0 saturated carbocycles. The lowest BCUT2D eigenvalue weighted by Gasteiger charge is -2.26. The highest BCUT2D eigenvalue weighted by molar-refractivity contribution is 6.20. The van der Waals surface area contributed by atoms with Crippen LogP contribution in [-0.2, 0) is 0 Å². The van der Waals surface area contributed by atoms with Gasteiger partial charge in [0.25, 0.3) is 0 Å². The molecule has 3 heterocycles. The number of rotatable bonds is 3. The first-order valence-corrected chi connectivity index (χ1v) is 12.8. The lowest BCUT2D eigenvalue weighted by molar-refractivity contribution is 0.672. The van der Waals surface area contributed by atoms with Gasteiger partial charge in [0, 0.05) is 33.3 Å². The van der Waals surface area contributed by atoms with Gasteiger partial charge >= 0.3 is 0 Å². The molecule has 5 aromatic carbocycles. The molecule has 0 spiro atoms. The van der Waals surface area contributed by atoms with Crippen LogP contribution in [-0.4, -0.2) is 4.98 Å². The van der Waals surface area contributed by atoms with E-state index in [0.717, 1.165) is 61.2 Å². The third-order valence-electron chi connectivity index (χ3n) is 7.41. The molecule has 3 heteroatoms. The van der Waals surface area contributed by atoms with Crippen molar-refractivity contribution < 1.29 is 4.42 Å². The predicted octanol–water partition coefficient (Wildman–Crippen LogP) is 9.59. The topological polar surface area (TPSA) is 29.3 Å². The SMILES string of the molecule is C1=CN(c2cc(-c3ccccc3)cc(-c3ccccc3)n2)c2cccc3c2c1cc1c2ccccc2oc31. The molecule has 0 unspecified atom stereocenters. The average Bonchev–Trinajstić information content (AvgIpc) is 3.37. The van der Waals surface area contributed by atoms with Crippen molar-refractivity contribution in [2.75, 3.05) is 4.90 Å². The van der Waals surface area contributed by atoms with Gasteiger partial charge < -0.3 is 9.32 Å². The summed E-state index contributed by atoms with van der Waals surface area (Å²) in [6, 6.07) is 42.2. The van der Waals surface area contributed by atoms with Gasteiger partial charge in [0.1, 0.15) is 17.0 Å². The van der Waals surface area contributed by atoms with Crippen molar-refractivity contribution >= 4 is 50.3 Å². The zero-order chi connectivity index (χ0) is 25.1. The molecule has 1 aliphatic rings. The van der Waals surface area contributed by atoms with E-state index >= 15 is 0 Å². The minimum atomic E-state index is 0.879. The van der Waals surface area contributed by atoms with E-state index in [9.17, 15) is 0 Å². The molecule has 0 saturated heterocycles. The van der Waals surface area contributed by atoms with Gasteiger partial charge in [0.15, 0.2) is 0 Å². The van der Waals surface area contributed by atoms with Gasteiger partial charge in [0.2, 0.25) is 0 Å². The van der Waals surface area contributed by atoms with E-state index in [0.29, 0.717) is 0 Å². The second kappa shape index (κ2) is 8.19.